The summed E-state index contributed by atoms with van der Waals surface area (Å²) in [5.74, 6) is -2.28. The smallest absolute Gasteiger partial charge is 0.357 e. The van der Waals surface area contributed by atoms with Gasteiger partial charge in [-0.25, -0.2) is 4.79 Å². The predicted molar refractivity (Wildman–Crippen MR) is 154 cm³/mol. The third-order valence-corrected chi connectivity index (χ3v) is 8.11. The van der Waals surface area contributed by atoms with Crippen molar-refractivity contribution in [3.63, 3.8) is 0 Å². The summed E-state index contributed by atoms with van der Waals surface area (Å²) in [4.78, 5) is 62.0. The number of thioether (sulfide) groups is 1. The third-order valence-electron chi connectivity index (χ3n) is 6.15. The highest BCUT2D eigenvalue weighted by Gasteiger charge is 2.54. The average Bonchev–Trinajstić information content (AvgIpc) is 3.38. The number of nitrogens with one attached hydrogen (secondary N) is 1. The summed E-state index contributed by atoms with van der Waals surface area (Å²) in [5.41, 5.74) is 12.7. The lowest BCUT2D eigenvalue weighted by molar-refractivity contribution is -0.173. The van der Waals surface area contributed by atoms with Crippen molar-refractivity contribution in [1.29, 1.82) is 0 Å². The zero-order chi connectivity index (χ0) is 30.6. The van der Waals surface area contributed by atoms with Gasteiger partial charge in [0.05, 0.1) is 5.41 Å². The number of fused-ring (bicyclic) bond motifs is 1. The number of rotatable bonds is 10. The van der Waals surface area contributed by atoms with Crippen LogP contribution < -0.4 is 16.8 Å². The molecular weight excluding hydrogens is 586 g/mol. The second kappa shape index (κ2) is 12.9. The first kappa shape index (κ1) is 30.9. The van der Waals surface area contributed by atoms with Crippen LogP contribution >= 0.6 is 23.3 Å². The van der Waals surface area contributed by atoms with Crippen molar-refractivity contribution in [2.24, 2.45) is 16.3 Å². The summed E-state index contributed by atoms with van der Waals surface area (Å²) in [6.45, 7) is 6.57. The number of nitrogen functional groups attached to an aromatic ring is 1. The largest absolute Gasteiger partial charge is 0.427 e. The van der Waals surface area contributed by atoms with Crippen LogP contribution in [-0.2, 0) is 46.6 Å². The number of benzene rings is 1. The SMILES string of the molecule is CC1=C(C(=O)OCOC(=O)C(C)(C)C)N2C(=O)C(NC(=O)C(=NOCc3ccc(CN)cc3)c3nsc(N)n3)[C@@H]2SC1. The number of hydrogen-bond acceptors (Lipinski definition) is 14. The normalized spacial score (nSPS) is 18.6. The molecule has 2 atom stereocenters. The van der Waals surface area contributed by atoms with E-state index >= 15 is 0 Å². The molecule has 1 saturated heterocycles. The molecule has 2 amide bonds. The number of aromatic nitrogens is 2. The number of carbonyl (C=O) groups is 4. The second-order valence-corrected chi connectivity index (χ2v) is 12.3. The molecule has 3 heterocycles. The molecule has 4 rings (SSSR count). The van der Waals surface area contributed by atoms with Crippen LogP contribution in [0.25, 0.3) is 0 Å². The van der Waals surface area contributed by atoms with E-state index in [0.29, 0.717) is 17.9 Å². The van der Waals surface area contributed by atoms with Crippen LogP contribution in [0.1, 0.15) is 44.6 Å². The van der Waals surface area contributed by atoms with Crippen LogP contribution in [0.15, 0.2) is 40.7 Å². The molecule has 14 nitrogen and oxygen atoms in total. The van der Waals surface area contributed by atoms with Gasteiger partial charge >= 0.3 is 11.9 Å². The number of oxime groups is 1. The van der Waals surface area contributed by atoms with Gasteiger partial charge in [-0.05, 0) is 44.4 Å². The molecule has 224 valence electrons. The number of carbonyl (C=O) groups excluding carboxylic acids is 4. The minimum absolute atomic E-state index is 0.0490. The maximum Gasteiger partial charge on any atom is 0.357 e. The van der Waals surface area contributed by atoms with Crippen molar-refractivity contribution in [1.82, 2.24) is 19.6 Å². The highest BCUT2D eigenvalue weighted by molar-refractivity contribution is 8.00. The fourth-order valence-corrected chi connectivity index (χ4v) is 5.58. The molecule has 1 aromatic carbocycles. The highest BCUT2D eigenvalue weighted by Crippen LogP contribution is 2.40. The van der Waals surface area contributed by atoms with Gasteiger partial charge in [-0.2, -0.15) is 9.36 Å². The summed E-state index contributed by atoms with van der Waals surface area (Å²) < 4.78 is 14.2. The van der Waals surface area contributed by atoms with Crippen molar-refractivity contribution in [2.75, 3.05) is 18.3 Å². The number of nitrogens with zero attached hydrogens (tertiary/aromatic N) is 4. The molecule has 0 aliphatic carbocycles. The van der Waals surface area contributed by atoms with Crippen molar-refractivity contribution >= 4 is 57.9 Å². The van der Waals surface area contributed by atoms with Gasteiger partial charge in [-0.15, -0.1) is 11.8 Å². The van der Waals surface area contributed by atoms with E-state index in [2.05, 4.69) is 19.8 Å². The second-order valence-electron chi connectivity index (χ2n) is 10.4. The van der Waals surface area contributed by atoms with E-state index < -0.39 is 47.4 Å². The van der Waals surface area contributed by atoms with E-state index in [1.54, 1.807) is 27.7 Å². The Morgan fingerprint density at radius 3 is 2.48 bits per heavy atom. The molecule has 0 bridgehead atoms. The minimum Gasteiger partial charge on any atom is -0.427 e. The molecular formula is C26H31N7O7S2. The summed E-state index contributed by atoms with van der Waals surface area (Å²) in [6, 6.07) is 6.39. The Labute approximate surface area is 250 Å². The van der Waals surface area contributed by atoms with E-state index in [4.69, 9.17) is 25.8 Å². The molecule has 5 N–H and O–H groups in total. The van der Waals surface area contributed by atoms with Crippen LogP contribution in [0, 0.1) is 5.41 Å². The molecule has 16 heteroatoms. The highest BCUT2D eigenvalue weighted by atomic mass is 32.2. The number of amides is 2. The first-order valence-electron chi connectivity index (χ1n) is 12.8. The molecule has 2 aromatic rings. The topological polar surface area (TPSA) is 201 Å². The minimum atomic E-state index is -0.970. The molecule has 1 fully saturated rings. The van der Waals surface area contributed by atoms with Crippen LogP contribution in [-0.4, -0.2) is 67.7 Å². The lowest BCUT2D eigenvalue weighted by Gasteiger charge is -2.49. The molecule has 2 aliphatic rings. The van der Waals surface area contributed by atoms with Crippen LogP contribution in [0.5, 0.6) is 0 Å². The van der Waals surface area contributed by atoms with Crippen molar-refractivity contribution < 1.29 is 33.5 Å². The quantitative estimate of drug-likeness (QED) is 0.113. The molecule has 0 spiro atoms. The van der Waals surface area contributed by atoms with E-state index in [1.165, 1.54) is 16.7 Å². The Morgan fingerprint density at radius 1 is 1.17 bits per heavy atom. The zero-order valence-electron chi connectivity index (χ0n) is 23.4. The van der Waals surface area contributed by atoms with Gasteiger partial charge in [-0.1, -0.05) is 29.4 Å². The number of hydrogen-bond donors (Lipinski definition) is 3. The Balaban J connectivity index is 1.42. The Kier molecular flexibility index (Phi) is 9.48. The van der Waals surface area contributed by atoms with Gasteiger partial charge in [-0.3, -0.25) is 19.3 Å². The lowest BCUT2D eigenvalue weighted by atomic mass is 9.98. The fourth-order valence-electron chi connectivity index (χ4n) is 3.85. The van der Waals surface area contributed by atoms with Gasteiger partial charge in [0, 0.05) is 23.8 Å². The summed E-state index contributed by atoms with van der Waals surface area (Å²) in [7, 11) is 0. The number of anilines is 1. The fraction of sp³-hybridized carbons (Fsp3) is 0.423. The van der Waals surface area contributed by atoms with Crippen LogP contribution in [0.4, 0.5) is 5.13 Å². The van der Waals surface area contributed by atoms with Gasteiger partial charge in [0.25, 0.3) is 11.8 Å². The third kappa shape index (κ3) is 6.88. The first-order valence-corrected chi connectivity index (χ1v) is 14.6. The molecule has 1 aromatic heterocycles. The summed E-state index contributed by atoms with van der Waals surface area (Å²) in [5, 5.41) is 6.14. The van der Waals surface area contributed by atoms with Crippen molar-refractivity contribution in [2.45, 2.75) is 52.3 Å². The summed E-state index contributed by atoms with van der Waals surface area (Å²) in [6.07, 6.45) is 0. The van der Waals surface area contributed by atoms with Gasteiger partial charge in [0.1, 0.15) is 23.7 Å². The predicted octanol–water partition coefficient (Wildman–Crippen LogP) is 1.26. The number of nitrogens with two attached hydrogens (primary N) is 2. The van der Waals surface area contributed by atoms with E-state index in [0.717, 1.165) is 22.7 Å². The zero-order valence-corrected chi connectivity index (χ0v) is 25.0. The van der Waals surface area contributed by atoms with Gasteiger partial charge in [0.15, 0.2) is 5.13 Å². The Hall–Kier alpha value is -4.02. The average molecular weight is 618 g/mol. The van der Waals surface area contributed by atoms with E-state index in [1.807, 2.05) is 24.3 Å². The number of esters is 2. The van der Waals surface area contributed by atoms with Crippen LogP contribution in [0.2, 0.25) is 0 Å². The lowest BCUT2D eigenvalue weighted by Crippen LogP contribution is -2.71. The van der Waals surface area contributed by atoms with E-state index in [9.17, 15) is 19.2 Å². The number of ether oxygens (including phenoxy) is 2. The van der Waals surface area contributed by atoms with Crippen molar-refractivity contribution in [3.8, 4) is 0 Å². The Bertz CT molecular complexity index is 1430. The molecule has 0 radical (unpaired) electrons. The molecule has 2 aliphatic heterocycles. The summed E-state index contributed by atoms with van der Waals surface area (Å²) >= 11 is 2.24. The Morgan fingerprint density at radius 2 is 1.86 bits per heavy atom. The monoisotopic (exact) mass is 617 g/mol. The van der Waals surface area contributed by atoms with Crippen LogP contribution in [0.3, 0.4) is 0 Å². The maximum atomic E-state index is 13.3. The molecule has 1 unspecified atom stereocenters. The van der Waals surface area contributed by atoms with Gasteiger partial charge in [0.2, 0.25) is 18.3 Å². The standard InChI is InChI=1S/C26H31N7O7S2/c1-13-11-41-22-17(21(35)33(22)18(13)23(36)38-12-39-24(37)26(2,3)4)29-20(34)16(19-30-25(28)42-32-19)31-40-10-15-7-5-14(9-27)6-8-15/h5-8,17,22H,9-12,27H2,1-4H3,(H,29,34)(H2,28,30,32)/t17?,22-/m0/s1. The van der Waals surface area contributed by atoms with E-state index in [-0.39, 0.29) is 29.0 Å². The van der Waals surface area contributed by atoms with Gasteiger partial charge < -0.3 is 31.1 Å². The number of β-lactam (4-membered cyclic amide) rings is 1. The van der Waals surface area contributed by atoms with Crippen molar-refractivity contribution in [3.05, 3.63) is 52.5 Å². The maximum absolute atomic E-state index is 13.3. The molecule has 0 saturated carbocycles. The first-order chi connectivity index (χ1) is 19.9. The molecule has 42 heavy (non-hydrogen) atoms.